The Bertz CT molecular complexity index is 1010. The molecule has 0 saturated carbocycles. The summed E-state index contributed by atoms with van der Waals surface area (Å²) >= 11 is 0. The SMILES string of the molecule is O=S(=O)(c1ccc2ccccc2c1)N1CCCC(Oc2cnccn2)C1. The number of fused-ring (bicyclic) bond motifs is 1. The van der Waals surface area contributed by atoms with Gasteiger partial charge in [-0.2, -0.15) is 4.31 Å². The number of aromatic nitrogens is 2. The van der Waals surface area contributed by atoms with Crippen molar-refractivity contribution in [3.05, 3.63) is 61.1 Å². The summed E-state index contributed by atoms with van der Waals surface area (Å²) in [4.78, 5) is 8.39. The number of ether oxygens (including phenoxy) is 1. The van der Waals surface area contributed by atoms with Crippen LogP contribution in [0.3, 0.4) is 0 Å². The summed E-state index contributed by atoms with van der Waals surface area (Å²) in [6.45, 7) is 0.807. The van der Waals surface area contributed by atoms with E-state index in [1.807, 2.05) is 30.3 Å². The Morgan fingerprint density at radius 2 is 1.92 bits per heavy atom. The van der Waals surface area contributed by atoms with E-state index in [0.717, 1.165) is 23.6 Å². The molecule has 134 valence electrons. The van der Waals surface area contributed by atoms with Crippen LogP contribution in [0.4, 0.5) is 0 Å². The minimum atomic E-state index is -3.56. The van der Waals surface area contributed by atoms with Crippen LogP contribution in [0, 0.1) is 0 Å². The van der Waals surface area contributed by atoms with Gasteiger partial charge in [0, 0.05) is 18.9 Å². The van der Waals surface area contributed by atoms with E-state index in [9.17, 15) is 8.42 Å². The molecule has 0 bridgehead atoms. The number of sulfonamides is 1. The molecule has 1 atom stereocenters. The Balaban J connectivity index is 1.56. The third-order valence-electron chi connectivity index (χ3n) is 4.53. The lowest BCUT2D eigenvalue weighted by atomic mass is 10.1. The molecular formula is C19H19N3O3S. The molecule has 2 heterocycles. The van der Waals surface area contributed by atoms with Gasteiger partial charge in [0.2, 0.25) is 15.9 Å². The van der Waals surface area contributed by atoms with Crippen molar-refractivity contribution < 1.29 is 13.2 Å². The second kappa shape index (κ2) is 7.01. The Labute approximate surface area is 152 Å². The maximum Gasteiger partial charge on any atom is 0.243 e. The van der Waals surface area contributed by atoms with Crippen molar-refractivity contribution in [2.75, 3.05) is 13.1 Å². The van der Waals surface area contributed by atoms with Crippen molar-refractivity contribution in [1.29, 1.82) is 0 Å². The average Bonchev–Trinajstić information content (AvgIpc) is 2.68. The number of benzene rings is 2. The molecule has 1 fully saturated rings. The molecule has 0 aliphatic carbocycles. The van der Waals surface area contributed by atoms with Gasteiger partial charge in [-0.1, -0.05) is 30.3 Å². The van der Waals surface area contributed by atoms with E-state index in [1.165, 1.54) is 10.5 Å². The highest BCUT2D eigenvalue weighted by atomic mass is 32.2. The fourth-order valence-electron chi connectivity index (χ4n) is 3.21. The van der Waals surface area contributed by atoms with Gasteiger partial charge < -0.3 is 4.74 Å². The first-order chi connectivity index (χ1) is 12.6. The standard InChI is InChI=1S/C19H19N3O3S/c23-26(24,18-8-7-15-4-1-2-5-16(15)12-18)22-11-3-6-17(14-22)25-19-13-20-9-10-21-19/h1-2,4-5,7-10,12-13,17H,3,6,11,14H2. The van der Waals surface area contributed by atoms with Crippen molar-refractivity contribution in [1.82, 2.24) is 14.3 Å². The van der Waals surface area contributed by atoms with Crippen molar-refractivity contribution in [2.24, 2.45) is 0 Å². The van der Waals surface area contributed by atoms with Crippen LogP contribution in [0.2, 0.25) is 0 Å². The molecule has 1 aromatic heterocycles. The van der Waals surface area contributed by atoms with Gasteiger partial charge in [0.1, 0.15) is 6.10 Å². The summed E-state index contributed by atoms with van der Waals surface area (Å²) < 4.78 is 33.5. The summed E-state index contributed by atoms with van der Waals surface area (Å²) in [6, 6.07) is 13.0. The summed E-state index contributed by atoms with van der Waals surface area (Å²) in [7, 11) is -3.56. The molecule has 1 aliphatic rings. The van der Waals surface area contributed by atoms with Crippen LogP contribution in [0.1, 0.15) is 12.8 Å². The molecule has 0 spiro atoms. The molecule has 1 unspecified atom stereocenters. The van der Waals surface area contributed by atoms with Crippen LogP contribution in [0.15, 0.2) is 66.0 Å². The van der Waals surface area contributed by atoms with Crippen LogP contribution >= 0.6 is 0 Å². The summed E-state index contributed by atoms with van der Waals surface area (Å²) in [5.74, 6) is 0.419. The molecule has 3 aromatic rings. The van der Waals surface area contributed by atoms with E-state index >= 15 is 0 Å². The average molecular weight is 369 g/mol. The smallest absolute Gasteiger partial charge is 0.243 e. The van der Waals surface area contributed by atoms with Crippen molar-refractivity contribution in [3.8, 4) is 5.88 Å². The van der Waals surface area contributed by atoms with Gasteiger partial charge >= 0.3 is 0 Å². The van der Waals surface area contributed by atoms with Crippen LogP contribution in [0.5, 0.6) is 5.88 Å². The molecule has 0 amide bonds. The summed E-state index contributed by atoms with van der Waals surface area (Å²) in [5, 5.41) is 1.94. The zero-order chi connectivity index (χ0) is 18.0. The topological polar surface area (TPSA) is 72.4 Å². The molecule has 7 heteroatoms. The lowest BCUT2D eigenvalue weighted by molar-refractivity contribution is 0.124. The third kappa shape index (κ3) is 3.40. The first-order valence-corrected chi connectivity index (χ1v) is 9.98. The van der Waals surface area contributed by atoms with Crippen LogP contribution in [-0.4, -0.2) is 41.9 Å². The number of rotatable bonds is 4. The lowest BCUT2D eigenvalue weighted by Crippen LogP contribution is -2.44. The molecule has 0 radical (unpaired) electrons. The number of hydrogen-bond donors (Lipinski definition) is 0. The first-order valence-electron chi connectivity index (χ1n) is 8.54. The highest BCUT2D eigenvalue weighted by Gasteiger charge is 2.31. The van der Waals surface area contributed by atoms with Crippen molar-refractivity contribution in [3.63, 3.8) is 0 Å². The second-order valence-corrected chi connectivity index (χ2v) is 8.24. The summed E-state index contributed by atoms with van der Waals surface area (Å²) in [6.07, 6.45) is 5.98. The minimum absolute atomic E-state index is 0.226. The molecule has 4 rings (SSSR count). The highest BCUT2D eigenvalue weighted by molar-refractivity contribution is 7.89. The maximum absolute atomic E-state index is 13.1. The van der Waals surface area contributed by atoms with Crippen molar-refractivity contribution in [2.45, 2.75) is 23.8 Å². The highest BCUT2D eigenvalue weighted by Crippen LogP contribution is 2.25. The van der Waals surface area contributed by atoms with Crippen LogP contribution < -0.4 is 4.74 Å². The van der Waals surface area contributed by atoms with Gasteiger partial charge in [0.15, 0.2) is 0 Å². The molecule has 2 aromatic carbocycles. The lowest BCUT2D eigenvalue weighted by Gasteiger charge is -2.31. The number of piperidine rings is 1. The molecule has 6 nitrogen and oxygen atoms in total. The van der Waals surface area contributed by atoms with Gasteiger partial charge in [-0.3, -0.25) is 4.98 Å². The maximum atomic E-state index is 13.1. The van der Waals surface area contributed by atoms with Crippen LogP contribution in [-0.2, 0) is 10.0 Å². The Kier molecular flexibility index (Phi) is 4.57. The molecule has 1 aliphatic heterocycles. The van der Waals surface area contributed by atoms with E-state index in [0.29, 0.717) is 23.9 Å². The Morgan fingerprint density at radius 3 is 2.73 bits per heavy atom. The number of nitrogens with zero attached hydrogens (tertiary/aromatic N) is 3. The fourth-order valence-corrected chi connectivity index (χ4v) is 4.76. The van der Waals surface area contributed by atoms with E-state index in [-0.39, 0.29) is 6.10 Å². The molecule has 26 heavy (non-hydrogen) atoms. The monoisotopic (exact) mass is 369 g/mol. The number of hydrogen-bond acceptors (Lipinski definition) is 5. The zero-order valence-corrected chi connectivity index (χ0v) is 15.0. The van der Waals surface area contributed by atoms with Gasteiger partial charge in [0.05, 0.1) is 17.6 Å². The normalized spacial score (nSPS) is 18.7. The van der Waals surface area contributed by atoms with Gasteiger partial charge in [0.25, 0.3) is 0 Å². The molecule has 0 N–H and O–H groups in total. The van der Waals surface area contributed by atoms with E-state index in [4.69, 9.17) is 4.74 Å². The predicted octanol–water partition coefficient (Wildman–Crippen LogP) is 2.86. The molecular weight excluding hydrogens is 350 g/mol. The second-order valence-electron chi connectivity index (χ2n) is 6.30. The fraction of sp³-hybridized carbons (Fsp3) is 0.263. The van der Waals surface area contributed by atoms with Crippen LogP contribution in [0.25, 0.3) is 10.8 Å². The third-order valence-corrected chi connectivity index (χ3v) is 6.39. The summed E-state index contributed by atoms with van der Waals surface area (Å²) in [5.41, 5.74) is 0. The quantitative estimate of drug-likeness (QED) is 0.707. The first kappa shape index (κ1) is 16.9. The van der Waals surface area contributed by atoms with Gasteiger partial charge in [-0.05, 0) is 35.7 Å². The van der Waals surface area contributed by atoms with E-state index < -0.39 is 10.0 Å². The van der Waals surface area contributed by atoms with E-state index in [2.05, 4.69) is 9.97 Å². The predicted molar refractivity (Wildman–Crippen MR) is 98.4 cm³/mol. The van der Waals surface area contributed by atoms with E-state index in [1.54, 1.807) is 24.5 Å². The zero-order valence-electron chi connectivity index (χ0n) is 14.2. The minimum Gasteiger partial charge on any atom is -0.472 e. The Morgan fingerprint density at radius 1 is 1.08 bits per heavy atom. The van der Waals surface area contributed by atoms with Gasteiger partial charge in [-0.25, -0.2) is 13.4 Å². The largest absolute Gasteiger partial charge is 0.472 e. The molecule has 1 saturated heterocycles. The Hall–Kier alpha value is -2.51. The van der Waals surface area contributed by atoms with Crippen molar-refractivity contribution >= 4 is 20.8 Å². The van der Waals surface area contributed by atoms with Gasteiger partial charge in [-0.15, -0.1) is 0 Å².